The number of aromatic hydroxyl groups is 1. The van der Waals surface area contributed by atoms with E-state index < -0.39 is 6.04 Å². The molecule has 1 aliphatic heterocycles. The Bertz CT molecular complexity index is 1200. The summed E-state index contributed by atoms with van der Waals surface area (Å²) in [5.41, 5.74) is 2.67. The number of phenolic OH excluding ortho intramolecular Hbond substituents is 1. The first-order valence-electron chi connectivity index (χ1n) is 11.8. The average molecular weight is 500 g/mol. The molecule has 0 radical (unpaired) electrons. The van der Waals surface area contributed by atoms with Gasteiger partial charge in [-0.15, -0.1) is 0 Å². The highest BCUT2D eigenvalue weighted by Gasteiger charge is 2.42. The van der Waals surface area contributed by atoms with Crippen molar-refractivity contribution in [2.45, 2.75) is 38.6 Å². The number of benzene rings is 2. The van der Waals surface area contributed by atoms with Crippen molar-refractivity contribution in [2.75, 3.05) is 26.9 Å². The molecule has 0 saturated carbocycles. The Morgan fingerprint density at radius 2 is 1.97 bits per heavy atom. The fourth-order valence-electron chi connectivity index (χ4n) is 4.43. The first-order chi connectivity index (χ1) is 17.0. The molecule has 1 atom stereocenters. The van der Waals surface area contributed by atoms with Crippen LogP contribution in [0.4, 0.5) is 0 Å². The molecule has 0 fully saturated rings. The lowest BCUT2D eigenvalue weighted by Gasteiger charge is -2.27. The Hall–Kier alpha value is -3.23. The summed E-state index contributed by atoms with van der Waals surface area (Å²) in [6.45, 7) is 3.04. The van der Waals surface area contributed by atoms with E-state index in [4.69, 9.17) is 21.1 Å². The zero-order valence-electron chi connectivity index (χ0n) is 19.9. The standard InChI is InChI=1S/C26H30ClN3O5/c1-3-4-5-13-35-20-10-7-16(14-21(20)34-2)25-22-23(18-15-17(27)8-9-19(18)32)28-29-24(22)26(33)30(25)11-6-12-31/h7-10,14-15,25,31-32H,3-6,11-13H2,1-2H3,(H,28,29). The quantitative estimate of drug-likeness (QED) is 0.322. The van der Waals surface area contributed by atoms with E-state index in [-0.39, 0.29) is 18.3 Å². The molecule has 0 spiro atoms. The number of aliphatic hydroxyl groups is 1. The molecule has 1 unspecified atom stereocenters. The van der Waals surface area contributed by atoms with Crippen molar-refractivity contribution in [3.05, 3.63) is 58.2 Å². The number of unbranched alkanes of at least 4 members (excludes halogenated alkanes) is 2. The molecule has 1 aromatic heterocycles. The van der Waals surface area contributed by atoms with Crippen LogP contribution in [0, 0.1) is 0 Å². The molecule has 0 aliphatic carbocycles. The van der Waals surface area contributed by atoms with Crippen LogP contribution in [-0.2, 0) is 0 Å². The fourth-order valence-corrected chi connectivity index (χ4v) is 4.60. The number of halogens is 1. The summed E-state index contributed by atoms with van der Waals surface area (Å²) < 4.78 is 11.5. The number of nitrogens with one attached hydrogen (secondary N) is 1. The molecule has 9 heteroatoms. The Kier molecular flexibility index (Phi) is 7.83. The van der Waals surface area contributed by atoms with E-state index in [2.05, 4.69) is 17.1 Å². The number of ether oxygens (including phenoxy) is 2. The largest absolute Gasteiger partial charge is 0.507 e. The van der Waals surface area contributed by atoms with Crippen molar-refractivity contribution in [1.82, 2.24) is 15.1 Å². The number of aromatic amines is 1. The van der Waals surface area contributed by atoms with Gasteiger partial charge in [-0.1, -0.05) is 37.4 Å². The number of phenols is 1. The molecule has 4 rings (SSSR count). The lowest BCUT2D eigenvalue weighted by Crippen LogP contribution is -2.31. The van der Waals surface area contributed by atoms with Crippen molar-refractivity contribution >= 4 is 17.5 Å². The van der Waals surface area contributed by atoms with E-state index in [0.717, 1.165) is 24.8 Å². The summed E-state index contributed by atoms with van der Waals surface area (Å²) in [7, 11) is 1.58. The average Bonchev–Trinajstić information content (AvgIpc) is 3.40. The number of nitrogens with zero attached hydrogens (tertiary/aromatic N) is 2. The smallest absolute Gasteiger partial charge is 0.273 e. The third kappa shape index (κ3) is 4.94. The summed E-state index contributed by atoms with van der Waals surface area (Å²) in [5.74, 6) is 0.992. The zero-order valence-corrected chi connectivity index (χ0v) is 20.6. The van der Waals surface area contributed by atoms with Gasteiger partial charge < -0.3 is 24.6 Å². The van der Waals surface area contributed by atoms with Crippen LogP contribution < -0.4 is 9.47 Å². The van der Waals surface area contributed by atoms with Crippen LogP contribution in [0.15, 0.2) is 36.4 Å². The molecule has 2 aromatic carbocycles. The predicted molar refractivity (Wildman–Crippen MR) is 133 cm³/mol. The van der Waals surface area contributed by atoms with Gasteiger partial charge in [0.05, 0.1) is 19.8 Å². The van der Waals surface area contributed by atoms with Crippen LogP contribution in [0.5, 0.6) is 17.2 Å². The maximum atomic E-state index is 13.3. The van der Waals surface area contributed by atoms with E-state index in [9.17, 15) is 15.0 Å². The van der Waals surface area contributed by atoms with Gasteiger partial charge in [0.15, 0.2) is 11.5 Å². The van der Waals surface area contributed by atoms with Gasteiger partial charge in [-0.25, -0.2) is 0 Å². The second-order valence-corrected chi connectivity index (χ2v) is 8.90. The van der Waals surface area contributed by atoms with Gasteiger partial charge in [0.25, 0.3) is 5.91 Å². The highest BCUT2D eigenvalue weighted by Crippen LogP contribution is 2.46. The van der Waals surface area contributed by atoms with E-state index in [1.54, 1.807) is 24.1 Å². The van der Waals surface area contributed by atoms with E-state index >= 15 is 0 Å². The van der Waals surface area contributed by atoms with Gasteiger partial charge in [0, 0.05) is 29.3 Å². The highest BCUT2D eigenvalue weighted by atomic mass is 35.5. The van der Waals surface area contributed by atoms with E-state index in [1.807, 2.05) is 18.2 Å². The summed E-state index contributed by atoms with van der Waals surface area (Å²) in [5, 5.41) is 27.6. The second kappa shape index (κ2) is 11.0. The summed E-state index contributed by atoms with van der Waals surface area (Å²) in [6.07, 6.45) is 3.58. The molecule has 8 nitrogen and oxygen atoms in total. The van der Waals surface area contributed by atoms with Crippen molar-refractivity contribution in [1.29, 1.82) is 0 Å². The number of fused-ring (bicyclic) bond motifs is 1. The number of aliphatic hydroxyl groups excluding tert-OH is 1. The minimum Gasteiger partial charge on any atom is -0.507 e. The number of aromatic nitrogens is 2. The van der Waals surface area contributed by atoms with Crippen LogP contribution >= 0.6 is 11.6 Å². The minimum absolute atomic E-state index is 0.0112. The monoisotopic (exact) mass is 499 g/mol. The number of H-pyrrole nitrogens is 1. The van der Waals surface area contributed by atoms with Crippen LogP contribution in [0.25, 0.3) is 11.3 Å². The first-order valence-corrected chi connectivity index (χ1v) is 12.2. The number of carbonyl (C=O) groups excluding carboxylic acids is 1. The number of carbonyl (C=O) groups is 1. The molecule has 1 amide bonds. The minimum atomic E-state index is -0.501. The van der Waals surface area contributed by atoms with Crippen LogP contribution in [-0.4, -0.2) is 58.1 Å². The Balaban J connectivity index is 1.78. The highest BCUT2D eigenvalue weighted by molar-refractivity contribution is 6.31. The van der Waals surface area contributed by atoms with Gasteiger partial charge in [-0.2, -0.15) is 5.10 Å². The summed E-state index contributed by atoms with van der Waals surface area (Å²) in [6, 6.07) is 9.84. The Labute approximate surface area is 209 Å². The van der Waals surface area contributed by atoms with Gasteiger partial charge in [0.2, 0.25) is 0 Å². The maximum Gasteiger partial charge on any atom is 0.273 e. The van der Waals surface area contributed by atoms with Crippen molar-refractivity contribution < 1.29 is 24.5 Å². The van der Waals surface area contributed by atoms with Crippen LogP contribution in [0.1, 0.15) is 60.3 Å². The number of hydrogen-bond donors (Lipinski definition) is 3. The molecule has 0 bridgehead atoms. The SMILES string of the molecule is CCCCCOc1ccc(C2c3c(-c4cc(Cl)ccc4O)n[nH]c3C(=O)N2CCCO)cc1OC. The van der Waals surface area contributed by atoms with Crippen LogP contribution in [0.2, 0.25) is 5.02 Å². The van der Waals surface area contributed by atoms with Gasteiger partial charge in [-0.05, 0) is 48.7 Å². The molecule has 186 valence electrons. The van der Waals surface area contributed by atoms with Gasteiger partial charge in [0.1, 0.15) is 17.1 Å². The van der Waals surface area contributed by atoms with Crippen molar-refractivity contribution in [2.24, 2.45) is 0 Å². The van der Waals surface area contributed by atoms with Gasteiger partial charge in [-0.3, -0.25) is 9.89 Å². The van der Waals surface area contributed by atoms with E-state index in [0.29, 0.717) is 58.6 Å². The molecule has 0 saturated heterocycles. The first kappa shape index (κ1) is 24.9. The predicted octanol–water partition coefficient (Wildman–Crippen LogP) is 4.94. The Morgan fingerprint density at radius 3 is 2.71 bits per heavy atom. The summed E-state index contributed by atoms with van der Waals surface area (Å²) in [4.78, 5) is 15.0. The van der Waals surface area contributed by atoms with Gasteiger partial charge >= 0.3 is 0 Å². The fraction of sp³-hybridized carbons (Fsp3) is 0.385. The number of rotatable bonds is 11. The lowest BCUT2D eigenvalue weighted by atomic mass is 9.95. The molecule has 3 aromatic rings. The number of hydrogen-bond acceptors (Lipinski definition) is 6. The molecule has 35 heavy (non-hydrogen) atoms. The Morgan fingerprint density at radius 1 is 1.14 bits per heavy atom. The maximum absolute atomic E-state index is 13.3. The third-order valence-electron chi connectivity index (χ3n) is 6.14. The van der Waals surface area contributed by atoms with Crippen LogP contribution in [0.3, 0.4) is 0 Å². The van der Waals surface area contributed by atoms with Crippen molar-refractivity contribution in [3.63, 3.8) is 0 Å². The lowest BCUT2D eigenvalue weighted by molar-refractivity contribution is 0.0732. The number of amides is 1. The molecular weight excluding hydrogens is 470 g/mol. The molecule has 3 N–H and O–H groups in total. The molecular formula is C26H30ClN3O5. The van der Waals surface area contributed by atoms with E-state index in [1.165, 1.54) is 6.07 Å². The molecule has 1 aliphatic rings. The third-order valence-corrected chi connectivity index (χ3v) is 6.38. The molecule has 2 heterocycles. The number of methoxy groups -OCH3 is 1. The zero-order chi connectivity index (χ0) is 24.9. The second-order valence-electron chi connectivity index (χ2n) is 8.47. The summed E-state index contributed by atoms with van der Waals surface area (Å²) >= 11 is 6.20. The normalized spacial score (nSPS) is 14.9. The topological polar surface area (TPSA) is 108 Å². The van der Waals surface area contributed by atoms with Crippen molar-refractivity contribution in [3.8, 4) is 28.5 Å².